The molecule has 5 heteroatoms. The minimum Gasteiger partial charge on any atom is -0.387 e. The molecule has 0 aromatic carbocycles. The SMILES string of the molecule is CCOC1CCN(C(=O)c2cnc(C)cc2NC)CC1. The van der Waals surface area contributed by atoms with Crippen LogP contribution in [0.15, 0.2) is 12.3 Å². The molecule has 20 heavy (non-hydrogen) atoms. The summed E-state index contributed by atoms with van der Waals surface area (Å²) in [6.07, 6.45) is 3.78. The fourth-order valence-electron chi connectivity index (χ4n) is 2.57. The first-order valence-electron chi connectivity index (χ1n) is 7.21. The average Bonchev–Trinajstić information content (AvgIpc) is 2.47. The molecule has 1 aliphatic rings. The summed E-state index contributed by atoms with van der Waals surface area (Å²) in [4.78, 5) is 18.7. The molecule has 0 unspecified atom stereocenters. The van der Waals surface area contributed by atoms with Crippen molar-refractivity contribution < 1.29 is 9.53 Å². The molecule has 1 fully saturated rings. The highest BCUT2D eigenvalue weighted by Crippen LogP contribution is 2.21. The fraction of sp³-hybridized carbons (Fsp3) is 0.600. The number of carbonyl (C=O) groups excluding carboxylic acids is 1. The van der Waals surface area contributed by atoms with Crippen molar-refractivity contribution in [2.24, 2.45) is 0 Å². The van der Waals surface area contributed by atoms with Gasteiger partial charge >= 0.3 is 0 Å². The number of amides is 1. The highest BCUT2D eigenvalue weighted by atomic mass is 16.5. The molecule has 0 radical (unpaired) electrons. The van der Waals surface area contributed by atoms with Crippen molar-refractivity contribution in [1.29, 1.82) is 0 Å². The maximum atomic E-state index is 12.6. The van der Waals surface area contributed by atoms with Gasteiger partial charge in [0.1, 0.15) is 0 Å². The normalized spacial score (nSPS) is 16.2. The van der Waals surface area contributed by atoms with Gasteiger partial charge in [-0.3, -0.25) is 9.78 Å². The number of carbonyl (C=O) groups is 1. The number of aromatic nitrogens is 1. The first-order valence-corrected chi connectivity index (χ1v) is 7.21. The minimum absolute atomic E-state index is 0.0526. The Hall–Kier alpha value is -1.62. The monoisotopic (exact) mass is 277 g/mol. The molecule has 1 saturated heterocycles. The minimum atomic E-state index is 0.0526. The molecule has 0 spiro atoms. The van der Waals surface area contributed by atoms with Crippen LogP contribution in [0.4, 0.5) is 5.69 Å². The van der Waals surface area contributed by atoms with E-state index < -0.39 is 0 Å². The van der Waals surface area contributed by atoms with Gasteiger partial charge in [-0.05, 0) is 32.8 Å². The molecule has 0 aliphatic carbocycles. The van der Waals surface area contributed by atoms with Crippen LogP contribution in [0.25, 0.3) is 0 Å². The van der Waals surface area contributed by atoms with Gasteiger partial charge in [-0.1, -0.05) is 0 Å². The summed E-state index contributed by atoms with van der Waals surface area (Å²) in [6, 6.07) is 1.90. The third kappa shape index (κ3) is 3.28. The smallest absolute Gasteiger partial charge is 0.257 e. The number of piperidine rings is 1. The number of pyridine rings is 1. The second kappa shape index (κ2) is 6.70. The van der Waals surface area contributed by atoms with Gasteiger partial charge in [-0.2, -0.15) is 0 Å². The Balaban J connectivity index is 2.05. The van der Waals surface area contributed by atoms with E-state index in [2.05, 4.69) is 10.3 Å². The number of hydrogen-bond acceptors (Lipinski definition) is 4. The molecule has 1 aromatic heterocycles. The van der Waals surface area contributed by atoms with Crippen molar-refractivity contribution in [2.75, 3.05) is 32.1 Å². The molecule has 1 amide bonds. The lowest BCUT2D eigenvalue weighted by Gasteiger charge is -2.32. The number of anilines is 1. The summed E-state index contributed by atoms with van der Waals surface area (Å²) in [5.74, 6) is 0.0526. The van der Waals surface area contributed by atoms with Crippen LogP contribution in [-0.4, -0.2) is 48.6 Å². The second-order valence-electron chi connectivity index (χ2n) is 5.07. The van der Waals surface area contributed by atoms with Crippen molar-refractivity contribution in [3.63, 3.8) is 0 Å². The van der Waals surface area contributed by atoms with Crippen molar-refractivity contribution in [3.8, 4) is 0 Å². The van der Waals surface area contributed by atoms with Gasteiger partial charge in [-0.25, -0.2) is 0 Å². The molecular weight excluding hydrogens is 254 g/mol. The zero-order valence-corrected chi connectivity index (χ0v) is 12.5. The number of hydrogen-bond donors (Lipinski definition) is 1. The zero-order chi connectivity index (χ0) is 14.5. The molecule has 5 nitrogen and oxygen atoms in total. The predicted molar refractivity (Wildman–Crippen MR) is 79.1 cm³/mol. The van der Waals surface area contributed by atoms with Gasteiger partial charge in [0.05, 0.1) is 17.4 Å². The molecule has 1 aliphatic heterocycles. The van der Waals surface area contributed by atoms with E-state index in [1.807, 2.05) is 31.9 Å². The lowest BCUT2D eigenvalue weighted by atomic mass is 10.1. The molecule has 2 rings (SSSR count). The van der Waals surface area contributed by atoms with E-state index in [0.29, 0.717) is 11.7 Å². The Labute approximate surface area is 120 Å². The first-order chi connectivity index (χ1) is 9.65. The molecule has 1 aromatic rings. The van der Waals surface area contributed by atoms with Gasteiger partial charge < -0.3 is 15.0 Å². The maximum absolute atomic E-state index is 12.6. The fourth-order valence-corrected chi connectivity index (χ4v) is 2.57. The van der Waals surface area contributed by atoms with Crippen LogP contribution in [0.3, 0.4) is 0 Å². The highest BCUT2D eigenvalue weighted by molar-refractivity contribution is 5.99. The largest absolute Gasteiger partial charge is 0.387 e. The van der Waals surface area contributed by atoms with E-state index in [-0.39, 0.29) is 5.91 Å². The van der Waals surface area contributed by atoms with Crippen LogP contribution in [-0.2, 0) is 4.74 Å². The van der Waals surface area contributed by atoms with Crippen LogP contribution < -0.4 is 5.32 Å². The van der Waals surface area contributed by atoms with Crippen LogP contribution in [0.2, 0.25) is 0 Å². The van der Waals surface area contributed by atoms with E-state index in [1.54, 1.807) is 6.20 Å². The summed E-state index contributed by atoms with van der Waals surface area (Å²) >= 11 is 0. The van der Waals surface area contributed by atoms with Crippen molar-refractivity contribution in [3.05, 3.63) is 23.5 Å². The van der Waals surface area contributed by atoms with Gasteiger partial charge in [-0.15, -0.1) is 0 Å². The Kier molecular flexibility index (Phi) is 4.95. The van der Waals surface area contributed by atoms with Gasteiger partial charge in [0.25, 0.3) is 5.91 Å². The van der Waals surface area contributed by atoms with E-state index in [1.165, 1.54) is 0 Å². The Morgan fingerprint density at radius 1 is 1.50 bits per heavy atom. The summed E-state index contributed by atoms with van der Waals surface area (Å²) in [5.41, 5.74) is 2.39. The lowest BCUT2D eigenvalue weighted by molar-refractivity contribution is 0.0146. The number of ether oxygens (including phenoxy) is 1. The van der Waals surface area contributed by atoms with E-state index in [0.717, 1.165) is 43.9 Å². The number of nitrogens with zero attached hydrogens (tertiary/aromatic N) is 2. The molecule has 0 saturated carbocycles. The molecule has 2 heterocycles. The van der Waals surface area contributed by atoms with Gasteiger partial charge in [0.15, 0.2) is 0 Å². The predicted octanol–water partition coefficient (Wildman–Crippen LogP) is 2.07. The second-order valence-corrected chi connectivity index (χ2v) is 5.07. The maximum Gasteiger partial charge on any atom is 0.257 e. The van der Waals surface area contributed by atoms with Crippen LogP contribution in [0, 0.1) is 6.92 Å². The molecule has 110 valence electrons. The first kappa shape index (κ1) is 14.8. The van der Waals surface area contributed by atoms with Crippen molar-refractivity contribution in [2.45, 2.75) is 32.8 Å². The topological polar surface area (TPSA) is 54.5 Å². The third-order valence-electron chi connectivity index (χ3n) is 3.67. The quantitative estimate of drug-likeness (QED) is 0.915. The summed E-state index contributed by atoms with van der Waals surface area (Å²) in [6.45, 7) is 6.17. The molecule has 0 atom stereocenters. The van der Waals surface area contributed by atoms with Gasteiger partial charge in [0, 0.05) is 38.6 Å². The highest BCUT2D eigenvalue weighted by Gasteiger charge is 2.25. The molecular formula is C15H23N3O2. The molecule has 0 bridgehead atoms. The number of nitrogens with one attached hydrogen (secondary N) is 1. The van der Waals surface area contributed by atoms with Crippen LogP contribution in [0.5, 0.6) is 0 Å². The van der Waals surface area contributed by atoms with Crippen LogP contribution in [0.1, 0.15) is 35.8 Å². The standard InChI is InChI=1S/C15H23N3O2/c1-4-20-12-5-7-18(8-6-12)15(19)13-10-17-11(2)9-14(13)16-3/h9-10,12H,4-8H2,1-3H3,(H,16,17). The number of rotatable bonds is 4. The lowest BCUT2D eigenvalue weighted by Crippen LogP contribution is -2.41. The Morgan fingerprint density at radius 3 is 2.80 bits per heavy atom. The zero-order valence-electron chi connectivity index (χ0n) is 12.5. The molecule has 1 N–H and O–H groups in total. The number of likely N-dealkylation sites (tertiary alicyclic amines) is 1. The summed E-state index contributed by atoms with van der Waals surface area (Å²) in [7, 11) is 1.83. The van der Waals surface area contributed by atoms with E-state index in [4.69, 9.17) is 4.74 Å². The summed E-state index contributed by atoms with van der Waals surface area (Å²) < 4.78 is 5.61. The van der Waals surface area contributed by atoms with E-state index in [9.17, 15) is 4.79 Å². The Bertz CT molecular complexity index is 468. The van der Waals surface area contributed by atoms with Gasteiger partial charge in [0.2, 0.25) is 0 Å². The summed E-state index contributed by atoms with van der Waals surface area (Å²) in [5, 5.41) is 3.07. The number of aryl methyl sites for hydroxylation is 1. The van der Waals surface area contributed by atoms with Crippen molar-refractivity contribution in [1.82, 2.24) is 9.88 Å². The average molecular weight is 277 g/mol. The Morgan fingerprint density at radius 2 is 2.20 bits per heavy atom. The van der Waals surface area contributed by atoms with Crippen molar-refractivity contribution >= 4 is 11.6 Å². The van der Waals surface area contributed by atoms with E-state index >= 15 is 0 Å². The van der Waals surface area contributed by atoms with Crippen LogP contribution >= 0.6 is 0 Å². The third-order valence-corrected chi connectivity index (χ3v) is 3.67.